The quantitative estimate of drug-likeness (QED) is 0.612. The third-order valence-electron chi connectivity index (χ3n) is 5.38. The van der Waals surface area contributed by atoms with Crippen molar-refractivity contribution in [3.05, 3.63) is 77.2 Å². The van der Waals surface area contributed by atoms with Crippen molar-refractivity contribution in [1.29, 1.82) is 0 Å². The Bertz CT molecular complexity index is 1190. The molecule has 1 aromatic heterocycles. The first kappa shape index (κ1) is 22.2. The number of hydrogen-bond donors (Lipinski definition) is 1. The Kier molecular flexibility index (Phi) is 6.38. The van der Waals surface area contributed by atoms with E-state index in [-0.39, 0.29) is 11.3 Å². The van der Waals surface area contributed by atoms with Crippen LogP contribution in [0.3, 0.4) is 0 Å². The maximum atomic E-state index is 13.9. The highest BCUT2D eigenvalue weighted by Crippen LogP contribution is 2.21. The van der Waals surface area contributed by atoms with Gasteiger partial charge in [-0.25, -0.2) is 17.8 Å². The largest absolute Gasteiger partial charge is 0.340 e. The molecule has 3 aromatic rings. The number of piperazine rings is 1. The number of sulfonamides is 1. The Balaban J connectivity index is 1.43. The highest BCUT2D eigenvalue weighted by atomic mass is 32.2. The number of halogens is 1. The lowest BCUT2D eigenvalue weighted by Crippen LogP contribution is -2.49. The number of aryl methyl sites for hydroxylation is 2. The molecule has 2 aromatic carbocycles. The number of nitrogens with zero attached hydrogens (tertiary/aromatic N) is 4. The molecule has 1 fully saturated rings. The highest BCUT2D eigenvalue weighted by Gasteiger charge is 2.29. The van der Waals surface area contributed by atoms with Gasteiger partial charge in [0.2, 0.25) is 16.0 Å². The van der Waals surface area contributed by atoms with Crippen LogP contribution in [0.5, 0.6) is 0 Å². The Morgan fingerprint density at radius 3 is 2.34 bits per heavy atom. The SMILES string of the molecule is Cc1ccc(Nc2cc(C)nc(N3CCN(S(=O)(=O)Cc4ccccc4F)CC3)n2)cc1. The van der Waals surface area contributed by atoms with Gasteiger partial charge in [-0.3, -0.25) is 0 Å². The van der Waals surface area contributed by atoms with E-state index in [0.29, 0.717) is 37.9 Å². The van der Waals surface area contributed by atoms with Gasteiger partial charge in [0.05, 0.1) is 5.75 Å². The van der Waals surface area contributed by atoms with Gasteiger partial charge in [-0.05, 0) is 32.0 Å². The van der Waals surface area contributed by atoms with E-state index in [1.165, 1.54) is 22.0 Å². The van der Waals surface area contributed by atoms with Crippen LogP contribution in [0.15, 0.2) is 54.6 Å². The third kappa shape index (κ3) is 5.23. The average molecular weight is 456 g/mol. The van der Waals surface area contributed by atoms with Crippen LogP contribution < -0.4 is 10.2 Å². The number of anilines is 3. The van der Waals surface area contributed by atoms with E-state index in [1.807, 2.05) is 49.1 Å². The van der Waals surface area contributed by atoms with E-state index < -0.39 is 15.8 Å². The zero-order valence-electron chi connectivity index (χ0n) is 18.1. The van der Waals surface area contributed by atoms with Crippen LogP contribution >= 0.6 is 0 Å². The summed E-state index contributed by atoms with van der Waals surface area (Å²) in [6, 6.07) is 15.9. The number of aromatic nitrogens is 2. The molecule has 1 aliphatic heterocycles. The first-order valence-corrected chi connectivity index (χ1v) is 12.1. The second-order valence-electron chi connectivity index (χ2n) is 7.92. The Morgan fingerprint density at radius 1 is 0.969 bits per heavy atom. The zero-order chi connectivity index (χ0) is 22.7. The molecular weight excluding hydrogens is 429 g/mol. The molecule has 1 aliphatic rings. The molecule has 0 spiro atoms. The van der Waals surface area contributed by atoms with E-state index in [4.69, 9.17) is 0 Å². The molecule has 0 radical (unpaired) electrons. The van der Waals surface area contributed by atoms with Gasteiger partial charge in [0, 0.05) is 49.2 Å². The van der Waals surface area contributed by atoms with E-state index >= 15 is 0 Å². The first-order chi connectivity index (χ1) is 15.3. The molecule has 9 heteroatoms. The summed E-state index contributed by atoms with van der Waals surface area (Å²) in [4.78, 5) is 11.1. The predicted octanol–water partition coefficient (Wildman–Crippen LogP) is 3.63. The first-order valence-electron chi connectivity index (χ1n) is 10.5. The minimum atomic E-state index is -3.61. The summed E-state index contributed by atoms with van der Waals surface area (Å²) < 4.78 is 40.9. The maximum Gasteiger partial charge on any atom is 0.227 e. The van der Waals surface area contributed by atoms with Crippen molar-refractivity contribution in [1.82, 2.24) is 14.3 Å². The molecule has 7 nitrogen and oxygen atoms in total. The lowest BCUT2D eigenvalue weighted by molar-refractivity contribution is 0.381. The Morgan fingerprint density at radius 2 is 1.66 bits per heavy atom. The molecular formula is C23H26FN5O2S. The van der Waals surface area contributed by atoms with Crippen LogP contribution in [-0.2, 0) is 15.8 Å². The number of benzene rings is 2. The summed E-state index contributed by atoms with van der Waals surface area (Å²) in [5.41, 5.74) is 3.12. The van der Waals surface area contributed by atoms with Gasteiger partial charge >= 0.3 is 0 Å². The lowest BCUT2D eigenvalue weighted by Gasteiger charge is -2.34. The fourth-order valence-electron chi connectivity index (χ4n) is 3.61. The molecule has 0 unspecified atom stereocenters. The summed E-state index contributed by atoms with van der Waals surface area (Å²) in [6.07, 6.45) is 0. The normalized spacial score (nSPS) is 15.0. The van der Waals surface area contributed by atoms with Crippen LogP contribution in [-0.4, -0.2) is 48.9 Å². The molecule has 168 valence electrons. The summed E-state index contributed by atoms with van der Waals surface area (Å²) in [5, 5.41) is 3.30. The van der Waals surface area contributed by atoms with E-state index in [9.17, 15) is 12.8 Å². The minimum absolute atomic E-state index is 0.184. The second-order valence-corrected chi connectivity index (χ2v) is 9.89. The van der Waals surface area contributed by atoms with Crippen molar-refractivity contribution in [3.8, 4) is 0 Å². The van der Waals surface area contributed by atoms with Crippen LogP contribution in [0.4, 0.5) is 21.8 Å². The van der Waals surface area contributed by atoms with Crippen LogP contribution in [0.25, 0.3) is 0 Å². The van der Waals surface area contributed by atoms with Gasteiger partial charge < -0.3 is 10.2 Å². The highest BCUT2D eigenvalue weighted by molar-refractivity contribution is 7.88. The van der Waals surface area contributed by atoms with E-state index in [0.717, 1.165) is 11.4 Å². The Hall–Kier alpha value is -3.04. The van der Waals surface area contributed by atoms with Crippen LogP contribution in [0.2, 0.25) is 0 Å². The maximum absolute atomic E-state index is 13.9. The average Bonchev–Trinajstić information content (AvgIpc) is 2.77. The summed E-state index contributed by atoms with van der Waals surface area (Å²) in [5.74, 6) is 0.402. The summed E-state index contributed by atoms with van der Waals surface area (Å²) in [6.45, 7) is 5.46. The topological polar surface area (TPSA) is 78.4 Å². The van der Waals surface area contributed by atoms with Gasteiger partial charge in [-0.15, -0.1) is 0 Å². The zero-order valence-corrected chi connectivity index (χ0v) is 18.9. The molecule has 0 bridgehead atoms. The third-order valence-corrected chi connectivity index (χ3v) is 7.20. The smallest absolute Gasteiger partial charge is 0.227 e. The van der Waals surface area contributed by atoms with Crippen molar-refractivity contribution in [2.75, 3.05) is 36.4 Å². The summed E-state index contributed by atoms with van der Waals surface area (Å²) in [7, 11) is -3.61. The standard InChI is InChI=1S/C23H26FN5O2S/c1-17-7-9-20(10-8-17)26-22-15-18(2)25-23(27-22)28-11-13-29(14-12-28)32(30,31)16-19-5-3-4-6-21(19)24/h3-10,15H,11-14,16H2,1-2H3,(H,25,26,27). The van der Waals surface area contributed by atoms with E-state index in [2.05, 4.69) is 15.3 Å². The molecule has 4 rings (SSSR count). The van der Waals surface area contributed by atoms with Gasteiger partial charge in [-0.2, -0.15) is 9.29 Å². The predicted molar refractivity (Wildman–Crippen MR) is 124 cm³/mol. The number of hydrogen-bond acceptors (Lipinski definition) is 6. The van der Waals surface area contributed by atoms with E-state index in [1.54, 1.807) is 12.1 Å². The fraction of sp³-hybridized carbons (Fsp3) is 0.304. The van der Waals surface area contributed by atoms with Gasteiger partial charge in [-0.1, -0.05) is 35.9 Å². The van der Waals surface area contributed by atoms with Crippen molar-refractivity contribution in [3.63, 3.8) is 0 Å². The second kappa shape index (κ2) is 9.22. The van der Waals surface area contributed by atoms with Gasteiger partial charge in [0.15, 0.2) is 0 Å². The minimum Gasteiger partial charge on any atom is -0.340 e. The fourth-order valence-corrected chi connectivity index (χ4v) is 5.14. The Labute approximate surface area is 188 Å². The van der Waals surface area contributed by atoms with Gasteiger partial charge in [0.25, 0.3) is 0 Å². The molecule has 0 saturated carbocycles. The van der Waals surface area contributed by atoms with Crippen molar-refractivity contribution >= 4 is 27.5 Å². The summed E-state index contributed by atoms with van der Waals surface area (Å²) >= 11 is 0. The molecule has 32 heavy (non-hydrogen) atoms. The van der Waals surface area contributed by atoms with Crippen molar-refractivity contribution in [2.45, 2.75) is 19.6 Å². The van der Waals surface area contributed by atoms with Crippen LogP contribution in [0, 0.1) is 19.7 Å². The molecule has 0 amide bonds. The molecule has 1 N–H and O–H groups in total. The van der Waals surface area contributed by atoms with Gasteiger partial charge in [0.1, 0.15) is 11.6 Å². The number of nitrogens with one attached hydrogen (secondary N) is 1. The van der Waals surface area contributed by atoms with Crippen molar-refractivity contribution < 1.29 is 12.8 Å². The lowest BCUT2D eigenvalue weighted by atomic mass is 10.2. The molecule has 2 heterocycles. The molecule has 1 saturated heterocycles. The number of rotatable bonds is 6. The van der Waals surface area contributed by atoms with Crippen molar-refractivity contribution in [2.24, 2.45) is 0 Å². The monoisotopic (exact) mass is 455 g/mol. The molecule has 0 atom stereocenters. The van der Waals surface area contributed by atoms with Crippen LogP contribution in [0.1, 0.15) is 16.8 Å². The molecule has 0 aliphatic carbocycles.